The van der Waals surface area contributed by atoms with E-state index in [9.17, 15) is 18.3 Å². The number of ether oxygens (including phenoxy) is 2. The van der Waals surface area contributed by atoms with Crippen LogP contribution in [0.1, 0.15) is 24.0 Å². The summed E-state index contributed by atoms with van der Waals surface area (Å²) in [6, 6.07) is 5.14. The zero-order chi connectivity index (χ0) is 29.7. The van der Waals surface area contributed by atoms with E-state index in [0.717, 1.165) is 16.8 Å². The van der Waals surface area contributed by atoms with Crippen molar-refractivity contribution in [3.8, 4) is 28.5 Å². The van der Waals surface area contributed by atoms with Gasteiger partial charge in [0.2, 0.25) is 0 Å². The minimum Gasteiger partial charge on any atom is -0.491 e. The Morgan fingerprint density at radius 1 is 1.22 bits per heavy atom. The van der Waals surface area contributed by atoms with Crippen molar-refractivity contribution in [1.29, 1.82) is 0 Å². The molecule has 1 aliphatic carbocycles. The molecule has 41 heavy (non-hydrogen) atoms. The van der Waals surface area contributed by atoms with Gasteiger partial charge in [-0.15, -0.1) is 13.2 Å². The molecule has 1 saturated carbocycles. The van der Waals surface area contributed by atoms with Crippen LogP contribution in [0.3, 0.4) is 0 Å². The number of nitrogens with zero attached hydrogens (tertiary/aromatic N) is 5. The first-order valence-electron chi connectivity index (χ1n) is 13.1. The number of hydrogen-bond donors (Lipinski definition) is 2. The monoisotopic (exact) mass is 658 g/mol. The number of alkyl halides is 3. The molecule has 9 nitrogen and oxygen atoms in total. The Labute approximate surface area is 249 Å². The van der Waals surface area contributed by atoms with Crippen LogP contribution in [0.25, 0.3) is 22.8 Å². The van der Waals surface area contributed by atoms with Gasteiger partial charge in [-0.25, -0.2) is 9.97 Å². The summed E-state index contributed by atoms with van der Waals surface area (Å²) in [6.45, 7) is 5.48. The third-order valence-electron chi connectivity index (χ3n) is 7.61. The highest BCUT2D eigenvalue weighted by Crippen LogP contribution is 2.52. The second kappa shape index (κ2) is 11.3. The first kappa shape index (κ1) is 30.0. The topological polar surface area (TPSA) is 97.6 Å². The van der Waals surface area contributed by atoms with Crippen LogP contribution in [0.15, 0.2) is 22.8 Å². The fraction of sp³-hybridized carbons (Fsp3) is 0.519. The van der Waals surface area contributed by atoms with E-state index in [1.54, 1.807) is 29.9 Å². The standard InChI is InChI=1S/C27H31BrClF3N6O3/c1-14-21(22-15(2)23(28)36-37(22)4)34-24(19-7-17(5-6-20(19)29)40-11-16(39)10-33-3)35-25(14)38-12-26(13-38)8-18(9-26)41-27(30,31)32/h5-7,16,18,33,39H,8-13H2,1-4H3/t16-/m1/s1. The number of aliphatic hydroxyl groups is 1. The second-order valence-electron chi connectivity index (χ2n) is 10.8. The Hall–Kier alpha value is -2.45. The summed E-state index contributed by atoms with van der Waals surface area (Å²) in [5, 5.41) is 17.9. The number of likely N-dealkylation sites (N-methyl/N-ethyl adjacent to an activating group) is 1. The largest absolute Gasteiger partial charge is 0.522 e. The summed E-state index contributed by atoms with van der Waals surface area (Å²) in [7, 11) is 3.58. The zero-order valence-corrected chi connectivity index (χ0v) is 25.4. The third kappa shape index (κ3) is 6.19. The highest BCUT2D eigenvalue weighted by atomic mass is 79.9. The van der Waals surface area contributed by atoms with Crippen LogP contribution in [-0.2, 0) is 11.8 Å². The molecule has 2 aliphatic rings. The van der Waals surface area contributed by atoms with E-state index in [0.29, 0.717) is 70.8 Å². The molecule has 14 heteroatoms. The summed E-state index contributed by atoms with van der Waals surface area (Å²) in [6.07, 6.45) is -5.42. The maximum Gasteiger partial charge on any atom is 0.522 e. The summed E-state index contributed by atoms with van der Waals surface area (Å²) < 4.78 is 50.4. The highest BCUT2D eigenvalue weighted by molar-refractivity contribution is 9.10. The molecule has 1 atom stereocenters. The van der Waals surface area contributed by atoms with E-state index >= 15 is 0 Å². The maximum absolute atomic E-state index is 12.7. The molecular formula is C27H31BrClF3N6O3. The number of halogens is 5. The molecular weight excluding hydrogens is 629 g/mol. The van der Waals surface area contributed by atoms with Crippen molar-refractivity contribution in [2.75, 3.05) is 38.2 Å². The minimum atomic E-state index is -4.62. The van der Waals surface area contributed by atoms with Gasteiger partial charge in [-0.05, 0) is 67.9 Å². The molecule has 2 fully saturated rings. The van der Waals surface area contributed by atoms with Gasteiger partial charge in [-0.1, -0.05) is 11.6 Å². The van der Waals surface area contributed by atoms with Crippen LogP contribution in [0, 0.1) is 19.3 Å². The van der Waals surface area contributed by atoms with Crippen molar-refractivity contribution in [2.24, 2.45) is 12.5 Å². The van der Waals surface area contributed by atoms with Gasteiger partial charge in [-0.2, -0.15) is 5.10 Å². The van der Waals surface area contributed by atoms with Gasteiger partial charge in [0.15, 0.2) is 5.82 Å². The van der Waals surface area contributed by atoms with Gasteiger partial charge < -0.3 is 20.1 Å². The summed E-state index contributed by atoms with van der Waals surface area (Å²) in [5.74, 6) is 1.55. The molecule has 0 amide bonds. The lowest BCUT2D eigenvalue weighted by atomic mass is 9.61. The van der Waals surface area contributed by atoms with Crippen molar-refractivity contribution >= 4 is 33.3 Å². The molecule has 1 aliphatic heterocycles. The average Bonchev–Trinajstić information content (AvgIpc) is 3.10. The summed E-state index contributed by atoms with van der Waals surface area (Å²) >= 11 is 10.1. The van der Waals surface area contributed by atoms with E-state index < -0.39 is 18.6 Å². The van der Waals surface area contributed by atoms with Gasteiger partial charge in [0.1, 0.15) is 28.9 Å². The van der Waals surface area contributed by atoms with Gasteiger partial charge in [0.25, 0.3) is 0 Å². The van der Waals surface area contributed by atoms with Gasteiger partial charge in [0.05, 0.1) is 22.5 Å². The average molecular weight is 660 g/mol. The number of aliphatic hydroxyl groups excluding tert-OH is 1. The number of anilines is 1. The van der Waals surface area contributed by atoms with E-state index in [4.69, 9.17) is 26.3 Å². The zero-order valence-electron chi connectivity index (χ0n) is 23.0. The number of benzene rings is 1. The third-order valence-corrected chi connectivity index (χ3v) is 8.69. The van der Waals surface area contributed by atoms with Gasteiger partial charge >= 0.3 is 6.36 Å². The smallest absolute Gasteiger partial charge is 0.491 e. The Kier molecular flexibility index (Phi) is 8.29. The number of hydrogen-bond acceptors (Lipinski definition) is 8. The first-order valence-corrected chi connectivity index (χ1v) is 14.3. The van der Waals surface area contributed by atoms with E-state index in [-0.39, 0.29) is 12.0 Å². The molecule has 0 radical (unpaired) electrons. The van der Waals surface area contributed by atoms with Crippen LogP contribution in [0.5, 0.6) is 5.75 Å². The first-order chi connectivity index (χ1) is 19.3. The van der Waals surface area contributed by atoms with Crippen molar-refractivity contribution in [1.82, 2.24) is 25.1 Å². The molecule has 222 valence electrons. The fourth-order valence-electron chi connectivity index (χ4n) is 5.69. The van der Waals surface area contributed by atoms with Crippen LogP contribution in [0.2, 0.25) is 5.02 Å². The van der Waals surface area contributed by atoms with Gasteiger partial charge in [-0.3, -0.25) is 9.42 Å². The van der Waals surface area contributed by atoms with Crippen molar-refractivity contribution in [3.05, 3.63) is 39.0 Å². The predicted octanol–water partition coefficient (Wildman–Crippen LogP) is 5.04. The Bertz CT molecular complexity index is 1440. The molecule has 5 rings (SSSR count). The molecule has 3 aromatic rings. The second-order valence-corrected chi connectivity index (χ2v) is 12.0. The van der Waals surface area contributed by atoms with E-state index in [1.807, 2.05) is 20.9 Å². The van der Waals surface area contributed by atoms with Crippen molar-refractivity contribution in [2.45, 2.75) is 45.3 Å². The number of rotatable bonds is 9. The molecule has 2 aromatic heterocycles. The van der Waals surface area contributed by atoms with E-state index in [2.05, 4.69) is 36.0 Å². The lowest BCUT2D eigenvalue weighted by Gasteiger charge is -2.59. The van der Waals surface area contributed by atoms with Crippen molar-refractivity contribution < 1.29 is 27.8 Å². The molecule has 1 aromatic carbocycles. The molecule has 1 saturated heterocycles. The van der Waals surface area contributed by atoms with Crippen LogP contribution in [-0.4, -0.2) is 76.7 Å². The molecule has 0 bridgehead atoms. The molecule has 3 heterocycles. The van der Waals surface area contributed by atoms with Gasteiger partial charge in [0, 0.05) is 48.8 Å². The SMILES string of the molecule is CNC[C@@H](O)COc1ccc(Cl)c(-c2nc(-c3c(C)c(Br)nn3C)c(C)c(N3CC4(CC(OC(F)(F)F)C4)C3)n2)c1. The van der Waals surface area contributed by atoms with E-state index in [1.165, 1.54) is 0 Å². The Morgan fingerprint density at radius 2 is 1.93 bits per heavy atom. The summed E-state index contributed by atoms with van der Waals surface area (Å²) in [4.78, 5) is 11.9. The molecule has 0 unspecified atom stereocenters. The van der Waals surface area contributed by atoms with Crippen molar-refractivity contribution in [3.63, 3.8) is 0 Å². The lowest BCUT2D eigenvalue weighted by molar-refractivity contribution is -0.360. The van der Waals surface area contributed by atoms with Crippen LogP contribution < -0.4 is 15.0 Å². The minimum absolute atomic E-state index is 0.0876. The molecule has 1 spiro atoms. The highest BCUT2D eigenvalue weighted by Gasteiger charge is 2.56. The predicted molar refractivity (Wildman–Crippen MR) is 152 cm³/mol. The number of aryl methyl sites for hydroxylation is 1. The summed E-state index contributed by atoms with van der Waals surface area (Å²) in [5.41, 5.74) is 3.52. The Balaban J connectivity index is 1.49. The van der Waals surface area contributed by atoms with Crippen LogP contribution >= 0.6 is 27.5 Å². The number of nitrogens with one attached hydrogen (secondary N) is 1. The lowest BCUT2D eigenvalue weighted by Crippen LogP contribution is -2.65. The van der Waals surface area contributed by atoms with Crippen LogP contribution in [0.4, 0.5) is 19.0 Å². The Morgan fingerprint density at radius 3 is 2.54 bits per heavy atom. The fourth-order valence-corrected chi connectivity index (χ4v) is 6.32. The number of aromatic nitrogens is 4. The molecule has 2 N–H and O–H groups in total. The normalized spacial score (nSPS) is 17.5. The maximum atomic E-state index is 12.7. The quantitative estimate of drug-likeness (QED) is 0.330.